The zero-order valence-electron chi connectivity index (χ0n) is 16.1. The minimum atomic E-state index is -0.176. The van der Waals surface area contributed by atoms with Gasteiger partial charge < -0.3 is 10.1 Å². The molecule has 4 rings (SSSR count). The molecule has 7 heteroatoms. The van der Waals surface area contributed by atoms with E-state index >= 15 is 0 Å². The van der Waals surface area contributed by atoms with E-state index in [1.54, 1.807) is 30.1 Å². The van der Waals surface area contributed by atoms with Crippen molar-refractivity contribution in [1.29, 1.82) is 0 Å². The van der Waals surface area contributed by atoms with Crippen LogP contribution in [0, 0.1) is 0 Å². The summed E-state index contributed by atoms with van der Waals surface area (Å²) < 4.78 is 6.91. The van der Waals surface area contributed by atoms with Crippen LogP contribution in [0.2, 0.25) is 0 Å². The highest BCUT2D eigenvalue weighted by Crippen LogP contribution is 2.25. The second-order valence-corrected chi connectivity index (χ2v) is 7.54. The molecule has 1 saturated carbocycles. The molecule has 1 aliphatic rings. The molecule has 3 aromatic rings. The maximum Gasteiger partial charge on any atom is 0.257 e. The molecule has 1 N–H and O–H groups in total. The molecule has 0 aliphatic heterocycles. The van der Waals surface area contributed by atoms with Crippen molar-refractivity contribution in [3.63, 3.8) is 0 Å². The first-order valence-corrected chi connectivity index (χ1v) is 9.88. The molecule has 1 amide bonds. The number of hydrogen-bond donors (Lipinski definition) is 2. The molecule has 1 aliphatic carbocycles. The van der Waals surface area contributed by atoms with Crippen LogP contribution in [0.1, 0.15) is 24.8 Å². The van der Waals surface area contributed by atoms with Gasteiger partial charge in [-0.3, -0.25) is 4.79 Å². The van der Waals surface area contributed by atoms with Crippen LogP contribution in [0.15, 0.2) is 60.4 Å². The van der Waals surface area contributed by atoms with Crippen LogP contribution >= 0.6 is 12.6 Å². The first-order valence-electron chi connectivity index (χ1n) is 9.44. The first kappa shape index (κ1) is 19.3. The topological polar surface area (TPSA) is 68.5 Å². The predicted octanol–water partition coefficient (Wildman–Crippen LogP) is 3.90. The zero-order chi connectivity index (χ0) is 20.4. The van der Waals surface area contributed by atoms with Crippen LogP contribution in [0.25, 0.3) is 22.3 Å². The number of amides is 1. The zero-order valence-corrected chi connectivity index (χ0v) is 17.0. The molecule has 0 unspecified atom stereocenters. The maximum atomic E-state index is 12.2. The number of carbonyl (C=O) groups excluding carboxylic acids is 1. The van der Waals surface area contributed by atoms with Crippen molar-refractivity contribution >= 4 is 29.8 Å². The van der Waals surface area contributed by atoms with Crippen molar-refractivity contribution in [3.05, 3.63) is 66.0 Å². The van der Waals surface area contributed by atoms with Crippen molar-refractivity contribution in [2.24, 2.45) is 0 Å². The van der Waals surface area contributed by atoms with E-state index in [4.69, 9.17) is 4.74 Å². The van der Waals surface area contributed by atoms with Gasteiger partial charge in [-0.1, -0.05) is 18.7 Å². The van der Waals surface area contributed by atoms with Gasteiger partial charge in [0.25, 0.3) is 5.91 Å². The summed E-state index contributed by atoms with van der Waals surface area (Å²) in [4.78, 5) is 17.1. The Bertz CT molecular complexity index is 1100. The summed E-state index contributed by atoms with van der Waals surface area (Å²) in [6.45, 7) is 4.07. The summed E-state index contributed by atoms with van der Waals surface area (Å²) >= 11 is 4.34. The lowest BCUT2D eigenvalue weighted by atomic mass is 9.93. The largest absolute Gasteiger partial charge is 0.497 e. The van der Waals surface area contributed by atoms with E-state index in [1.165, 1.54) is 0 Å². The van der Waals surface area contributed by atoms with Gasteiger partial charge in [0.2, 0.25) is 0 Å². The standard InChI is InChI=1S/C22H22N4O2S/c1-14(10-20(29)22(27)25-17-4-3-5-17)19-12-24-26-13-16(11-23-21(19)26)15-6-8-18(28-2)9-7-15/h6-13,17,29H,1,3-5H2,2H3,(H,25,27)/b20-10-. The first-order chi connectivity index (χ1) is 14.0. The van der Waals surface area contributed by atoms with Crippen LogP contribution in [-0.4, -0.2) is 33.7 Å². The molecule has 148 valence electrons. The van der Waals surface area contributed by atoms with Gasteiger partial charge in [-0.25, -0.2) is 9.50 Å². The number of benzene rings is 1. The van der Waals surface area contributed by atoms with Gasteiger partial charge in [0.15, 0.2) is 5.65 Å². The van der Waals surface area contributed by atoms with Gasteiger partial charge in [0.05, 0.1) is 18.2 Å². The minimum Gasteiger partial charge on any atom is -0.497 e. The number of rotatable bonds is 6. The summed E-state index contributed by atoms with van der Waals surface area (Å²) in [6, 6.07) is 8.03. The van der Waals surface area contributed by atoms with E-state index in [9.17, 15) is 4.79 Å². The molecule has 0 spiro atoms. The fourth-order valence-corrected chi connectivity index (χ4v) is 3.37. The molecule has 0 saturated heterocycles. The maximum absolute atomic E-state index is 12.2. The van der Waals surface area contributed by atoms with Crippen molar-refractivity contribution in [2.75, 3.05) is 7.11 Å². The number of aromatic nitrogens is 3. The molecule has 29 heavy (non-hydrogen) atoms. The predicted molar refractivity (Wildman–Crippen MR) is 117 cm³/mol. The van der Waals surface area contributed by atoms with Gasteiger partial charge in [-0.2, -0.15) is 5.10 Å². The molecule has 2 aromatic heterocycles. The molecule has 1 aromatic carbocycles. The highest BCUT2D eigenvalue weighted by Gasteiger charge is 2.20. The van der Waals surface area contributed by atoms with Crippen LogP contribution < -0.4 is 10.1 Å². The van der Waals surface area contributed by atoms with E-state index in [0.29, 0.717) is 16.1 Å². The number of hydrogen-bond acceptors (Lipinski definition) is 5. The summed E-state index contributed by atoms with van der Waals surface area (Å²) in [7, 11) is 1.64. The van der Waals surface area contributed by atoms with E-state index in [0.717, 1.165) is 41.7 Å². The van der Waals surface area contributed by atoms with E-state index in [1.807, 2.05) is 30.5 Å². The molecule has 6 nitrogen and oxygen atoms in total. The molecular formula is C22H22N4O2S. The molecule has 1 fully saturated rings. The molecular weight excluding hydrogens is 384 g/mol. The average Bonchev–Trinajstić information content (AvgIpc) is 3.14. The molecule has 0 radical (unpaired) electrons. The van der Waals surface area contributed by atoms with Crippen molar-refractivity contribution < 1.29 is 9.53 Å². The second-order valence-electron chi connectivity index (χ2n) is 7.05. The number of ether oxygens (including phenoxy) is 1. The summed E-state index contributed by atoms with van der Waals surface area (Å²) in [5.41, 5.74) is 4.02. The lowest BCUT2D eigenvalue weighted by molar-refractivity contribution is -0.117. The Morgan fingerprint density at radius 2 is 2.03 bits per heavy atom. The highest BCUT2D eigenvalue weighted by molar-refractivity contribution is 7.85. The Hall–Kier alpha value is -3.06. The number of allylic oxidation sites excluding steroid dienone is 2. The summed E-state index contributed by atoms with van der Waals surface area (Å²) in [5.74, 6) is 0.626. The van der Waals surface area contributed by atoms with E-state index in [2.05, 4.69) is 34.6 Å². The van der Waals surface area contributed by atoms with Gasteiger partial charge in [-0.15, -0.1) is 12.6 Å². The second kappa shape index (κ2) is 8.13. The lowest BCUT2D eigenvalue weighted by Gasteiger charge is -2.26. The fraction of sp³-hybridized carbons (Fsp3) is 0.227. The Morgan fingerprint density at radius 1 is 1.28 bits per heavy atom. The van der Waals surface area contributed by atoms with Crippen molar-refractivity contribution in [2.45, 2.75) is 25.3 Å². The Kier molecular flexibility index (Phi) is 5.40. The van der Waals surface area contributed by atoms with Crippen LogP contribution in [-0.2, 0) is 4.79 Å². The van der Waals surface area contributed by atoms with E-state index < -0.39 is 0 Å². The van der Waals surface area contributed by atoms with Crippen molar-refractivity contribution in [1.82, 2.24) is 19.9 Å². The van der Waals surface area contributed by atoms with E-state index in [-0.39, 0.29) is 11.9 Å². The summed E-state index contributed by atoms with van der Waals surface area (Å²) in [6.07, 6.45) is 10.3. The number of methoxy groups -OCH3 is 1. The number of nitrogens with zero attached hydrogens (tertiary/aromatic N) is 3. The number of fused-ring (bicyclic) bond motifs is 1. The van der Waals surface area contributed by atoms with Crippen LogP contribution in [0.3, 0.4) is 0 Å². The van der Waals surface area contributed by atoms with Gasteiger partial charge in [-0.05, 0) is 48.6 Å². The van der Waals surface area contributed by atoms with Gasteiger partial charge in [0.1, 0.15) is 5.75 Å². The highest BCUT2D eigenvalue weighted by atomic mass is 32.1. The van der Waals surface area contributed by atoms with Crippen LogP contribution in [0.5, 0.6) is 5.75 Å². The lowest BCUT2D eigenvalue weighted by Crippen LogP contribution is -2.39. The monoisotopic (exact) mass is 406 g/mol. The Morgan fingerprint density at radius 3 is 2.69 bits per heavy atom. The Labute approximate surface area is 174 Å². The minimum absolute atomic E-state index is 0.176. The molecule has 0 bridgehead atoms. The van der Waals surface area contributed by atoms with Gasteiger partial charge >= 0.3 is 0 Å². The van der Waals surface area contributed by atoms with Gasteiger partial charge in [0, 0.05) is 29.6 Å². The quantitative estimate of drug-likeness (QED) is 0.370. The smallest absolute Gasteiger partial charge is 0.257 e. The van der Waals surface area contributed by atoms with Crippen LogP contribution in [0.4, 0.5) is 0 Å². The fourth-order valence-electron chi connectivity index (χ4n) is 3.15. The average molecular weight is 407 g/mol. The normalized spacial score (nSPS) is 14.5. The number of carbonyl (C=O) groups is 1. The number of nitrogens with one attached hydrogen (secondary N) is 1. The third-order valence-corrected chi connectivity index (χ3v) is 5.44. The third-order valence-electron chi connectivity index (χ3n) is 5.11. The number of thiol groups is 1. The third kappa shape index (κ3) is 4.05. The van der Waals surface area contributed by atoms with Crippen molar-refractivity contribution in [3.8, 4) is 16.9 Å². The SMILES string of the molecule is C=C(/C=C(\S)C(=O)NC1CCC1)c1cnn2cc(-c3ccc(OC)cc3)cnc12. The Balaban J connectivity index is 1.55. The molecule has 0 atom stereocenters. The summed E-state index contributed by atoms with van der Waals surface area (Å²) in [5, 5.41) is 7.36. The molecule has 2 heterocycles.